The Hall–Kier alpha value is -5.21. The Kier molecular flexibility index (Phi) is 17.6. The van der Waals surface area contributed by atoms with Crippen molar-refractivity contribution in [3.63, 3.8) is 0 Å². The third-order valence-corrected chi connectivity index (χ3v) is 18.2. The molecule has 0 amide bonds. The molecule has 404 valence electrons. The summed E-state index contributed by atoms with van der Waals surface area (Å²) in [4.78, 5) is 40.3. The largest absolute Gasteiger partial charge is 0.387 e. The molecular weight excluding hydrogens is 1080 g/mol. The first kappa shape index (κ1) is 54.2. The van der Waals surface area contributed by atoms with E-state index in [4.69, 9.17) is 19.6 Å². The maximum atomic E-state index is 15.5. The minimum absolute atomic E-state index is 0.0279. The van der Waals surface area contributed by atoms with Gasteiger partial charge in [-0.05, 0) is 75.1 Å². The van der Waals surface area contributed by atoms with Crippen LogP contribution in [0.5, 0.6) is 0 Å². The second-order valence-electron chi connectivity index (χ2n) is 18.9. The third kappa shape index (κ3) is 12.9. The third-order valence-electron chi connectivity index (χ3n) is 14.1. The fourth-order valence-electron chi connectivity index (χ4n) is 10.0. The number of carbonyl (C=O) groups is 1. The molecule has 4 aromatic heterocycles. The van der Waals surface area contributed by atoms with Crippen LogP contribution in [0.4, 0.5) is 35.1 Å². The summed E-state index contributed by atoms with van der Waals surface area (Å²) in [5, 5.41) is 23.7. The quantitative estimate of drug-likeness (QED) is 0.0678. The number of ketones is 1. The van der Waals surface area contributed by atoms with Gasteiger partial charge in [0.15, 0.2) is 18.0 Å². The van der Waals surface area contributed by atoms with E-state index < -0.39 is 79.4 Å². The van der Waals surface area contributed by atoms with Crippen molar-refractivity contribution in [1.82, 2.24) is 39.3 Å². The van der Waals surface area contributed by atoms with E-state index in [9.17, 15) is 35.1 Å². The average molecular weight is 1130 g/mol. The van der Waals surface area contributed by atoms with Crippen LogP contribution in [0.25, 0.3) is 0 Å². The molecule has 2 saturated heterocycles. The number of alkyl halides is 8. The van der Waals surface area contributed by atoms with Gasteiger partial charge < -0.3 is 9.68 Å². The molecule has 0 bridgehead atoms. The number of carbonyl (C=O) groups excluding carboxylic acids is 1. The van der Waals surface area contributed by atoms with E-state index in [0.29, 0.717) is 62.2 Å². The van der Waals surface area contributed by atoms with Crippen molar-refractivity contribution in [2.45, 2.75) is 125 Å². The van der Waals surface area contributed by atoms with Crippen molar-refractivity contribution < 1.29 is 49.6 Å². The fraction of sp³-hybridized carbons (Fsp3) is 0.471. The number of halogens is 8. The van der Waals surface area contributed by atoms with Crippen LogP contribution < -0.4 is 0 Å². The highest BCUT2D eigenvalue weighted by Crippen LogP contribution is 2.39. The van der Waals surface area contributed by atoms with Crippen LogP contribution >= 0.6 is 46.2 Å². The van der Waals surface area contributed by atoms with Crippen molar-refractivity contribution in [3.8, 4) is 0 Å². The highest BCUT2D eigenvalue weighted by Gasteiger charge is 2.41. The smallest absolute Gasteiger partial charge is 0.282 e. The lowest BCUT2D eigenvalue weighted by molar-refractivity contribution is -0.132. The van der Waals surface area contributed by atoms with E-state index in [1.54, 1.807) is 33.3 Å². The standard InChI is InChI=1S/C51H52F8N10O3S4/c52-46(53)35-19-37(48(56)57)68(62-35)23-39(66-15-11-31(12-16-66)50-60-33(27-75-50)25-73-43-21-41(71-64-43)29-7-3-1-4-8-29)45(70)40(24-69-38(49(58)59)20-36(63-69)47(54)55)67-17-13-32(14-18-67)51-61-34(28-76-51)26-74-44-22-42(72-65-44)30-9-5-2-6-10-30/h1-10,19-20,27-28,31-32,39-42,46-49H,11-18,21-26H2. The molecule has 2 aromatic carbocycles. The number of rotatable bonds is 20. The number of benzene rings is 2. The topological polar surface area (TPSA) is 128 Å². The summed E-state index contributed by atoms with van der Waals surface area (Å²) in [7, 11) is 0. The fourth-order valence-corrected chi connectivity index (χ4v) is 13.9. The number of likely N-dealkylation sites (tertiary alicyclic amines) is 2. The zero-order valence-corrected chi connectivity index (χ0v) is 43.9. The summed E-state index contributed by atoms with van der Waals surface area (Å²) >= 11 is 6.12. The molecule has 4 atom stereocenters. The first-order valence-electron chi connectivity index (χ1n) is 24.8. The molecule has 4 aliphatic rings. The monoisotopic (exact) mass is 1130 g/mol. The number of thiazole rings is 2. The second kappa shape index (κ2) is 24.6. The van der Waals surface area contributed by atoms with Gasteiger partial charge in [0.2, 0.25) is 0 Å². The van der Waals surface area contributed by atoms with Crippen molar-refractivity contribution in [2.75, 3.05) is 26.2 Å². The number of hydrogen-bond donors (Lipinski definition) is 0. The Labute approximate surface area is 449 Å². The van der Waals surface area contributed by atoms with Crippen molar-refractivity contribution >= 4 is 62.1 Å². The summed E-state index contributed by atoms with van der Waals surface area (Å²) in [6, 6.07) is 18.4. The van der Waals surface area contributed by atoms with Crippen molar-refractivity contribution in [2.24, 2.45) is 10.3 Å². The maximum absolute atomic E-state index is 15.5. The van der Waals surface area contributed by atoms with Gasteiger partial charge >= 0.3 is 0 Å². The number of oxime groups is 2. The minimum atomic E-state index is -3.22. The van der Waals surface area contributed by atoms with Crippen LogP contribution in [0.1, 0.15) is 144 Å². The number of thioether (sulfide) groups is 2. The van der Waals surface area contributed by atoms with Crippen LogP contribution in [0.15, 0.2) is 93.9 Å². The van der Waals surface area contributed by atoms with Crippen molar-refractivity contribution in [3.05, 3.63) is 139 Å². The van der Waals surface area contributed by atoms with Crippen LogP contribution in [-0.2, 0) is 39.1 Å². The van der Waals surface area contributed by atoms with E-state index in [0.717, 1.165) is 52.0 Å². The Bertz CT molecular complexity index is 2750. The molecule has 0 N–H and O–H groups in total. The Morgan fingerprint density at radius 1 is 0.579 bits per heavy atom. The van der Waals surface area contributed by atoms with Gasteiger partial charge in [-0.1, -0.05) is 71.0 Å². The zero-order chi connectivity index (χ0) is 52.9. The van der Waals surface area contributed by atoms with Gasteiger partial charge in [0, 0.05) is 46.9 Å². The molecular formula is C51H52F8N10O3S4. The van der Waals surface area contributed by atoms with E-state index in [1.165, 1.54) is 22.7 Å². The maximum Gasteiger partial charge on any atom is 0.282 e. The first-order valence-corrected chi connectivity index (χ1v) is 28.6. The molecule has 0 saturated carbocycles. The van der Waals surface area contributed by atoms with E-state index in [2.05, 4.69) is 20.5 Å². The summed E-state index contributed by atoms with van der Waals surface area (Å²) in [6.07, 6.45) is -9.82. The first-order chi connectivity index (χ1) is 36.8. The lowest BCUT2D eigenvalue weighted by atomic mass is 9.91. The van der Waals surface area contributed by atoms with Gasteiger partial charge in [-0.15, -0.1) is 46.2 Å². The molecule has 0 radical (unpaired) electrons. The van der Waals surface area contributed by atoms with Gasteiger partial charge in [-0.2, -0.15) is 10.2 Å². The predicted molar refractivity (Wildman–Crippen MR) is 275 cm³/mol. The summed E-state index contributed by atoms with van der Waals surface area (Å²) < 4.78 is 116. The summed E-state index contributed by atoms with van der Waals surface area (Å²) in [5.41, 5.74) is 0.407. The number of nitrogens with zero attached hydrogens (tertiary/aromatic N) is 10. The van der Waals surface area contributed by atoms with E-state index >= 15 is 4.79 Å². The number of piperidine rings is 2. The molecule has 4 aliphatic heterocycles. The zero-order valence-electron chi connectivity index (χ0n) is 40.6. The Balaban J connectivity index is 0.848. The Morgan fingerprint density at radius 3 is 1.34 bits per heavy atom. The Morgan fingerprint density at radius 2 is 0.974 bits per heavy atom. The molecule has 2 fully saturated rings. The molecule has 4 unspecified atom stereocenters. The predicted octanol–water partition coefficient (Wildman–Crippen LogP) is 12.9. The van der Waals surface area contributed by atoms with Gasteiger partial charge in [0.05, 0.1) is 46.6 Å². The molecule has 10 rings (SSSR count). The molecule has 76 heavy (non-hydrogen) atoms. The molecule has 6 aromatic rings. The lowest BCUT2D eigenvalue weighted by Gasteiger charge is -2.41. The molecule has 25 heteroatoms. The molecule has 13 nitrogen and oxygen atoms in total. The van der Waals surface area contributed by atoms with E-state index in [-0.39, 0.29) is 50.2 Å². The van der Waals surface area contributed by atoms with Gasteiger partial charge in [-0.3, -0.25) is 24.0 Å². The SMILES string of the molecule is O=C(C(Cn1nc(C(F)F)cc1C(F)F)N1CCC(c2nc(CSC3=NOC(c4ccccc4)C3)cs2)CC1)C(Cn1nc(C(F)F)cc1C(F)F)N1CCC(c2nc(CSC3=NOC(c4ccccc4)C3)cs2)CC1. The number of Topliss-reactive ketones (excluding diaryl/α,β-unsaturated/α-hetero) is 1. The summed E-state index contributed by atoms with van der Waals surface area (Å²) in [6.45, 7) is -0.0671. The molecule has 0 spiro atoms. The lowest BCUT2D eigenvalue weighted by Crippen LogP contribution is -2.57. The van der Waals surface area contributed by atoms with Crippen LogP contribution in [0, 0.1) is 0 Å². The second-order valence-corrected chi connectivity index (χ2v) is 22.8. The van der Waals surface area contributed by atoms with Gasteiger partial charge in [0.25, 0.3) is 25.7 Å². The highest BCUT2D eigenvalue weighted by atomic mass is 32.2. The van der Waals surface area contributed by atoms with Crippen LogP contribution in [-0.4, -0.2) is 93.5 Å². The summed E-state index contributed by atoms with van der Waals surface area (Å²) in [5.74, 6) is 0.491. The molecule has 0 aliphatic carbocycles. The molecule has 8 heterocycles. The van der Waals surface area contributed by atoms with Crippen LogP contribution in [0.2, 0.25) is 0 Å². The number of hydrogen-bond acceptors (Lipinski definition) is 15. The highest BCUT2D eigenvalue weighted by molar-refractivity contribution is 8.13. The van der Waals surface area contributed by atoms with Crippen molar-refractivity contribution in [1.29, 1.82) is 0 Å². The van der Waals surface area contributed by atoms with Crippen LogP contribution in [0.3, 0.4) is 0 Å². The number of aromatic nitrogens is 6. The van der Waals surface area contributed by atoms with Gasteiger partial charge in [-0.25, -0.2) is 45.1 Å². The minimum Gasteiger partial charge on any atom is -0.387 e. The average Bonchev–Trinajstić information content (AvgIpc) is 4.31. The van der Waals surface area contributed by atoms with Gasteiger partial charge in [0.1, 0.15) is 32.9 Å². The normalized spacial score (nSPS) is 19.9. The van der Waals surface area contributed by atoms with E-state index in [1.807, 2.05) is 71.4 Å².